The van der Waals surface area contributed by atoms with Crippen molar-refractivity contribution in [3.8, 4) is 0 Å². The minimum atomic E-state index is -0.261. The number of hydrogen-bond donors (Lipinski definition) is 1. The molecule has 0 aliphatic carbocycles. The highest BCUT2D eigenvalue weighted by Gasteiger charge is 2.29. The third-order valence-electron chi connectivity index (χ3n) is 6.01. The van der Waals surface area contributed by atoms with Crippen molar-refractivity contribution in [2.45, 2.75) is 33.1 Å². The average Bonchev–Trinajstić information content (AvgIpc) is 3.04. The third-order valence-corrected chi connectivity index (χ3v) is 6.01. The van der Waals surface area contributed by atoms with Crippen LogP contribution in [0.1, 0.15) is 33.1 Å². The van der Waals surface area contributed by atoms with Gasteiger partial charge in [-0.1, -0.05) is 32.0 Å². The van der Waals surface area contributed by atoms with Gasteiger partial charge < -0.3 is 19.9 Å². The first-order valence-corrected chi connectivity index (χ1v) is 11.7. The maximum atomic E-state index is 12.8. The fraction of sp³-hybridized carbons (Fsp3) is 0.625. The van der Waals surface area contributed by atoms with Crippen LogP contribution >= 0.6 is 0 Å². The van der Waals surface area contributed by atoms with Crippen LogP contribution in [0.25, 0.3) is 0 Å². The topological polar surface area (TPSA) is 82.2 Å². The lowest BCUT2D eigenvalue weighted by Gasteiger charge is -2.33. The van der Waals surface area contributed by atoms with Crippen LogP contribution in [-0.4, -0.2) is 85.0 Å². The van der Waals surface area contributed by atoms with E-state index in [0.717, 1.165) is 18.7 Å². The van der Waals surface area contributed by atoms with E-state index in [-0.39, 0.29) is 23.8 Å². The van der Waals surface area contributed by atoms with E-state index < -0.39 is 0 Å². The van der Waals surface area contributed by atoms with Crippen molar-refractivity contribution in [3.05, 3.63) is 30.3 Å². The summed E-state index contributed by atoms with van der Waals surface area (Å²) in [5.41, 5.74) is 0.805. The molecule has 3 amide bonds. The van der Waals surface area contributed by atoms with E-state index in [1.807, 2.05) is 49.1 Å². The average molecular weight is 445 g/mol. The number of carbonyl (C=O) groups is 3. The molecule has 2 fully saturated rings. The second-order valence-electron chi connectivity index (χ2n) is 9.10. The molecule has 2 saturated heterocycles. The molecule has 32 heavy (non-hydrogen) atoms. The maximum absolute atomic E-state index is 12.8. The number of nitrogens with zero attached hydrogens (tertiary/aromatic N) is 3. The largest absolute Gasteiger partial charge is 0.449 e. The number of carbonyl (C=O) groups excluding carboxylic acids is 3. The van der Waals surface area contributed by atoms with Gasteiger partial charge in [0.1, 0.15) is 0 Å². The second-order valence-corrected chi connectivity index (χ2v) is 9.10. The Hall–Kier alpha value is -2.61. The molecule has 0 spiro atoms. The van der Waals surface area contributed by atoms with Crippen LogP contribution in [0.2, 0.25) is 0 Å². The van der Waals surface area contributed by atoms with Crippen molar-refractivity contribution in [1.82, 2.24) is 14.7 Å². The van der Waals surface area contributed by atoms with E-state index in [0.29, 0.717) is 64.6 Å². The summed E-state index contributed by atoms with van der Waals surface area (Å²) in [6.07, 6.45) is 1.92. The summed E-state index contributed by atoms with van der Waals surface area (Å²) in [6, 6.07) is 9.47. The van der Waals surface area contributed by atoms with Crippen LogP contribution < -0.4 is 5.32 Å². The second kappa shape index (κ2) is 11.9. The summed E-state index contributed by atoms with van der Waals surface area (Å²) < 4.78 is 5.34. The van der Waals surface area contributed by atoms with Crippen molar-refractivity contribution in [3.63, 3.8) is 0 Å². The molecule has 2 heterocycles. The predicted molar refractivity (Wildman–Crippen MR) is 123 cm³/mol. The molecular weight excluding hydrogens is 408 g/mol. The number of rotatable bonds is 6. The molecule has 8 heteroatoms. The molecule has 0 atom stereocenters. The van der Waals surface area contributed by atoms with Crippen LogP contribution in [0.5, 0.6) is 0 Å². The Morgan fingerprint density at radius 2 is 1.69 bits per heavy atom. The Bertz CT molecular complexity index is 763. The first-order valence-electron chi connectivity index (χ1n) is 11.7. The van der Waals surface area contributed by atoms with E-state index in [1.54, 1.807) is 4.90 Å². The Morgan fingerprint density at radius 3 is 2.38 bits per heavy atom. The van der Waals surface area contributed by atoms with Gasteiger partial charge in [-0.2, -0.15) is 0 Å². The summed E-state index contributed by atoms with van der Waals surface area (Å²) in [6.45, 7) is 8.71. The summed E-state index contributed by atoms with van der Waals surface area (Å²) in [4.78, 5) is 43.3. The number of piperidine rings is 1. The fourth-order valence-corrected chi connectivity index (χ4v) is 4.09. The Kier molecular flexibility index (Phi) is 8.90. The van der Waals surface area contributed by atoms with Crippen molar-refractivity contribution < 1.29 is 19.1 Å². The number of anilines is 1. The van der Waals surface area contributed by atoms with Gasteiger partial charge in [-0.3, -0.25) is 14.5 Å². The molecule has 3 rings (SSSR count). The van der Waals surface area contributed by atoms with Crippen molar-refractivity contribution in [2.75, 3.05) is 57.7 Å². The first kappa shape index (κ1) is 24.0. The zero-order chi connectivity index (χ0) is 22.9. The van der Waals surface area contributed by atoms with Crippen molar-refractivity contribution >= 4 is 23.6 Å². The Labute approximate surface area is 190 Å². The normalized spacial score (nSPS) is 18.3. The molecule has 0 unspecified atom stereocenters. The third kappa shape index (κ3) is 7.22. The van der Waals surface area contributed by atoms with E-state index in [2.05, 4.69) is 10.2 Å². The quantitative estimate of drug-likeness (QED) is 0.730. The molecular formula is C24H36N4O4. The lowest BCUT2D eigenvalue weighted by Crippen LogP contribution is -2.46. The highest BCUT2D eigenvalue weighted by molar-refractivity contribution is 5.92. The zero-order valence-electron chi connectivity index (χ0n) is 19.3. The molecule has 1 aromatic carbocycles. The summed E-state index contributed by atoms with van der Waals surface area (Å²) in [7, 11) is 0. The fourth-order valence-electron chi connectivity index (χ4n) is 4.09. The smallest absolute Gasteiger partial charge is 0.409 e. The van der Waals surface area contributed by atoms with Crippen LogP contribution in [0.3, 0.4) is 0 Å². The van der Waals surface area contributed by atoms with Crippen LogP contribution in [-0.2, 0) is 14.3 Å². The molecule has 176 valence electrons. The predicted octanol–water partition coefficient (Wildman–Crippen LogP) is 2.66. The van der Waals surface area contributed by atoms with Crippen LogP contribution in [0, 0.1) is 11.8 Å². The highest BCUT2D eigenvalue weighted by Crippen LogP contribution is 2.20. The van der Waals surface area contributed by atoms with Gasteiger partial charge in [-0.25, -0.2) is 4.79 Å². The molecule has 0 saturated carbocycles. The zero-order valence-corrected chi connectivity index (χ0v) is 19.3. The number of nitrogens with one attached hydrogen (secondary N) is 1. The van der Waals surface area contributed by atoms with E-state index in [4.69, 9.17) is 4.74 Å². The number of para-hydroxylation sites is 1. The summed E-state index contributed by atoms with van der Waals surface area (Å²) in [5.74, 6) is 0.375. The van der Waals surface area contributed by atoms with Crippen molar-refractivity contribution in [2.24, 2.45) is 11.8 Å². The van der Waals surface area contributed by atoms with E-state index in [9.17, 15) is 14.4 Å². The standard InChI is InChI=1S/C24H36N4O4/c1-19(2)18-32-24(31)28-12-6-11-26(15-16-28)17-22(29)27-13-9-20(10-14-27)23(30)25-21-7-4-3-5-8-21/h3-5,7-8,19-20H,6,9-18H2,1-2H3,(H,25,30). The van der Waals surface area contributed by atoms with Gasteiger partial charge >= 0.3 is 6.09 Å². The van der Waals surface area contributed by atoms with E-state index >= 15 is 0 Å². The maximum Gasteiger partial charge on any atom is 0.409 e. The highest BCUT2D eigenvalue weighted by atomic mass is 16.6. The molecule has 1 N–H and O–H groups in total. The Balaban J connectivity index is 1.39. The molecule has 0 bridgehead atoms. The number of benzene rings is 1. The van der Waals surface area contributed by atoms with Crippen LogP contribution in [0.4, 0.5) is 10.5 Å². The van der Waals surface area contributed by atoms with Gasteiger partial charge in [-0.15, -0.1) is 0 Å². The lowest BCUT2D eigenvalue weighted by molar-refractivity contribution is -0.135. The monoisotopic (exact) mass is 444 g/mol. The molecule has 0 aromatic heterocycles. The molecule has 0 radical (unpaired) electrons. The van der Waals surface area contributed by atoms with Crippen molar-refractivity contribution in [1.29, 1.82) is 0 Å². The molecule has 2 aliphatic rings. The number of hydrogen-bond acceptors (Lipinski definition) is 5. The summed E-state index contributed by atoms with van der Waals surface area (Å²) in [5, 5.41) is 2.96. The van der Waals surface area contributed by atoms with Gasteiger partial charge in [0.2, 0.25) is 11.8 Å². The summed E-state index contributed by atoms with van der Waals surface area (Å²) >= 11 is 0. The lowest BCUT2D eigenvalue weighted by atomic mass is 9.95. The number of likely N-dealkylation sites (tertiary alicyclic amines) is 1. The van der Waals surface area contributed by atoms with Gasteiger partial charge in [0.05, 0.1) is 13.2 Å². The van der Waals surface area contributed by atoms with Gasteiger partial charge in [0.25, 0.3) is 0 Å². The Morgan fingerprint density at radius 1 is 0.969 bits per heavy atom. The minimum absolute atomic E-state index is 0.0280. The van der Waals surface area contributed by atoms with Gasteiger partial charge in [0, 0.05) is 50.9 Å². The van der Waals surface area contributed by atoms with E-state index in [1.165, 1.54) is 0 Å². The van der Waals surface area contributed by atoms with Crippen LogP contribution in [0.15, 0.2) is 30.3 Å². The minimum Gasteiger partial charge on any atom is -0.449 e. The molecule has 1 aromatic rings. The number of ether oxygens (including phenoxy) is 1. The SMILES string of the molecule is CC(C)COC(=O)N1CCCN(CC(=O)N2CCC(C(=O)Nc3ccccc3)CC2)CC1. The van der Waals surface area contributed by atoms with Gasteiger partial charge in [-0.05, 0) is 37.3 Å². The molecule has 2 aliphatic heterocycles. The number of amides is 3. The molecule has 8 nitrogen and oxygen atoms in total. The first-order chi connectivity index (χ1) is 15.4. The van der Waals surface area contributed by atoms with Gasteiger partial charge in [0.15, 0.2) is 0 Å².